The third-order valence-corrected chi connectivity index (χ3v) is 11.0. The molecule has 322 valence electrons. The van der Waals surface area contributed by atoms with Crippen molar-refractivity contribution in [2.45, 2.75) is 53.6 Å². The Hall–Kier alpha value is -4.96. The lowest BCUT2D eigenvalue weighted by Gasteiger charge is -2.23. The molecule has 12 aliphatic heterocycles. The van der Waals surface area contributed by atoms with Crippen molar-refractivity contribution in [2.75, 3.05) is 78.5 Å². The molecule has 7 N–H and O–H groups in total. The summed E-state index contributed by atoms with van der Waals surface area (Å²) >= 11 is 13.1. The first kappa shape index (κ1) is 46.1. The zero-order chi connectivity index (χ0) is 43.0. The lowest BCUT2D eigenvalue weighted by molar-refractivity contribution is -0.933. The molecule has 18 nitrogen and oxygen atoms in total. The van der Waals surface area contributed by atoms with Crippen LogP contribution in [-0.2, 0) is 0 Å². The lowest BCUT2D eigenvalue weighted by atomic mass is 10.2. The second-order valence-electron chi connectivity index (χ2n) is 14.2. The Bertz CT molecular complexity index is 1960. The van der Waals surface area contributed by atoms with E-state index in [1.807, 2.05) is 0 Å². The van der Waals surface area contributed by atoms with Gasteiger partial charge in [-0.2, -0.15) is 0 Å². The summed E-state index contributed by atoms with van der Waals surface area (Å²) in [5.41, 5.74) is 0.721. The molecule has 0 aromatic carbocycles. The number of thiol groups is 3. The van der Waals surface area contributed by atoms with Crippen LogP contribution in [0.4, 0.5) is 0 Å². The molecular weight excluding hydrogens is 831 g/mol. The van der Waals surface area contributed by atoms with Gasteiger partial charge in [0, 0.05) is 50.1 Å². The first-order valence-corrected chi connectivity index (χ1v) is 21.3. The van der Waals surface area contributed by atoms with E-state index in [2.05, 4.69) is 89.6 Å². The van der Waals surface area contributed by atoms with Crippen molar-refractivity contribution in [3.05, 3.63) is 70.2 Å². The normalized spacial score (nSPS) is 20.4. The van der Waals surface area contributed by atoms with Crippen LogP contribution in [0, 0.1) is 0 Å². The molecule has 6 amide bonds. The van der Waals surface area contributed by atoms with Gasteiger partial charge >= 0.3 is 16.6 Å². The first-order valence-electron chi connectivity index (χ1n) is 19.9. The Morgan fingerprint density at radius 2 is 0.767 bits per heavy atom. The van der Waals surface area contributed by atoms with Crippen LogP contribution in [0.2, 0.25) is 0 Å². The predicted octanol–water partition coefficient (Wildman–Crippen LogP) is 0.619. The van der Waals surface area contributed by atoms with E-state index in [1.54, 1.807) is 0 Å². The highest BCUT2D eigenvalue weighted by Gasteiger charge is 2.28. The van der Waals surface area contributed by atoms with Crippen LogP contribution >= 0.6 is 37.9 Å². The van der Waals surface area contributed by atoms with E-state index in [0.717, 1.165) is 0 Å². The van der Waals surface area contributed by atoms with Crippen molar-refractivity contribution < 1.29 is 38.7 Å². The second-order valence-corrected chi connectivity index (χ2v) is 15.5. The Kier molecular flexibility index (Phi) is 17.8. The molecule has 3 aromatic rings. The third-order valence-electron chi connectivity index (χ3n) is 9.88. The van der Waals surface area contributed by atoms with Gasteiger partial charge in [0.2, 0.25) is 0 Å². The van der Waals surface area contributed by atoms with Gasteiger partial charge < -0.3 is 41.7 Å². The third kappa shape index (κ3) is 13.3. The quantitative estimate of drug-likeness (QED) is 0.0855. The number of nitrogens with zero attached hydrogens (tertiary/aromatic N) is 5. The van der Waals surface area contributed by atoms with Crippen molar-refractivity contribution in [1.29, 1.82) is 0 Å². The summed E-state index contributed by atoms with van der Waals surface area (Å²) in [7, 11) is 0. The highest BCUT2D eigenvalue weighted by Crippen LogP contribution is 2.15. The molecule has 21 heteroatoms. The molecule has 0 aliphatic carbocycles. The fourth-order valence-electron chi connectivity index (χ4n) is 6.64. The van der Waals surface area contributed by atoms with Crippen molar-refractivity contribution in [3.8, 4) is 0 Å². The fourth-order valence-corrected chi connectivity index (χ4v) is 7.50. The number of hydrogen-bond donors (Lipinski definition) is 10. The molecule has 0 atom stereocenters. The molecule has 0 saturated heterocycles. The van der Waals surface area contributed by atoms with Gasteiger partial charge in [0.1, 0.15) is 27.0 Å². The smallest absolute Gasteiger partial charge is 0.322 e. The van der Waals surface area contributed by atoms with E-state index < -0.39 is 23.6 Å². The Balaban J connectivity index is 1.38. The predicted molar refractivity (Wildman–Crippen MR) is 229 cm³/mol. The van der Waals surface area contributed by atoms with Crippen LogP contribution in [0.1, 0.15) is 101 Å². The molecule has 3 aromatic heterocycles. The maximum absolute atomic E-state index is 13.1. The molecule has 0 radical (unpaired) electrons. The number of hydrogen-bond acceptors (Lipinski definition) is 14. The molecule has 15 heterocycles. The minimum Gasteiger partial charge on any atom is -0.352 e. The summed E-state index contributed by atoms with van der Waals surface area (Å²) in [5.74, 6) is -2.58. The Morgan fingerprint density at radius 3 is 1.13 bits per heavy atom. The fraction of sp³-hybridized carbons (Fsp3) is 0.462. The van der Waals surface area contributed by atoms with Crippen LogP contribution in [0.15, 0.2) is 51.5 Å². The van der Waals surface area contributed by atoms with Gasteiger partial charge in [0.05, 0.1) is 11.1 Å². The molecule has 0 saturated carbocycles. The second kappa shape index (κ2) is 23.1. The van der Waals surface area contributed by atoms with E-state index in [-0.39, 0.29) is 73.8 Å². The number of nitrogens with one attached hydrogen (secondary N) is 6. The van der Waals surface area contributed by atoms with Crippen molar-refractivity contribution in [1.82, 2.24) is 51.7 Å². The number of amides is 6. The lowest BCUT2D eigenvalue weighted by Crippen LogP contribution is -2.45. The van der Waals surface area contributed by atoms with Gasteiger partial charge in [0.15, 0.2) is 0 Å². The molecule has 60 heavy (non-hydrogen) atoms. The topological polar surface area (TPSA) is 231 Å². The maximum Gasteiger partial charge on any atom is 0.322 e. The zero-order valence-electron chi connectivity index (χ0n) is 33.2. The van der Waals surface area contributed by atoms with Gasteiger partial charge in [-0.25, -0.2) is 9.97 Å². The van der Waals surface area contributed by atoms with Crippen molar-refractivity contribution in [3.63, 3.8) is 0 Å². The van der Waals surface area contributed by atoms with E-state index in [4.69, 9.17) is 0 Å². The van der Waals surface area contributed by atoms with E-state index >= 15 is 0 Å². The van der Waals surface area contributed by atoms with Crippen LogP contribution < -0.4 is 36.6 Å². The summed E-state index contributed by atoms with van der Waals surface area (Å²) in [6, 6.07) is 8.82. The molecule has 0 fully saturated rings. The van der Waals surface area contributed by atoms with Gasteiger partial charge in [-0.15, -0.1) is 25.3 Å². The Morgan fingerprint density at radius 1 is 0.450 bits per heavy atom. The van der Waals surface area contributed by atoms with Crippen LogP contribution in [0.3, 0.4) is 0 Å². The van der Waals surface area contributed by atoms with E-state index in [1.165, 1.54) is 36.4 Å². The standard InChI is InChI=1S/C39H51N11O7S3/c51-31-25-7-10-28(46-37(25)58)34(54)43-16-4-22-49-23-5-17-44-35(55)29-11-8-26(38(59)47-29)32(52)41-14-2-20-48(19-1-13-40-31)21-3-15-42-33(53)27-9-12-30(50(57)39(27)60)36(56)45-18-6-24-49/h7-12,57H,1-6,13-24H2,(H8,40,41,42,43,44,45,46,47,51,52,53,54,55,56,58,59)/p+1. The molecule has 15 rings (SSSR count). The summed E-state index contributed by atoms with van der Waals surface area (Å²) in [5, 5.41) is 28.1. The monoisotopic (exact) mass is 882 g/mol. The summed E-state index contributed by atoms with van der Waals surface area (Å²) in [4.78, 5) is 91.2. The maximum atomic E-state index is 13.1. The number of pyridine rings is 3. The van der Waals surface area contributed by atoms with E-state index in [0.29, 0.717) is 109 Å². The van der Waals surface area contributed by atoms with Crippen LogP contribution in [-0.4, -0.2) is 139 Å². The van der Waals surface area contributed by atoms with Crippen molar-refractivity contribution >= 4 is 73.3 Å². The largest absolute Gasteiger partial charge is 0.352 e. The first-order chi connectivity index (χ1) is 28.9. The number of rotatable bonds is 0. The average molecular weight is 883 g/mol. The van der Waals surface area contributed by atoms with Gasteiger partial charge in [-0.3, -0.25) is 34.0 Å². The highest BCUT2D eigenvalue weighted by atomic mass is 32.1. The van der Waals surface area contributed by atoms with Gasteiger partial charge in [-0.05, 0) is 108 Å². The van der Waals surface area contributed by atoms with Crippen LogP contribution in [0.5, 0.6) is 0 Å². The number of carbonyl (C=O) groups excluding carboxylic acids is 6. The number of carbonyl (C=O) groups is 6. The molecule has 8 bridgehead atoms. The highest BCUT2D eigenvalue weighted by molar-refractivity contribution is 7.80. The molecule has 12 aliphatic rings. The van der Waals surface area contributed by atoms with Crippen LogP contribution in [0.25, 0.3) is 0 Å². The molecule has 0 unspecified atom stereocenters. The van der Waals surface area contributed by atoms with Gasteiger partial charge in [-0.1, -0.05) is 12.6 Å². The molecular formula is C39H52N11O7S3+. The summed E-state index contributed by atoms with van der Waals surface area (Å²) < 4.78 is 0.584. The van der Waals surface area contributed by atoms with E-state index in [9.17, 15) is 34.0 Å². The van der Waals surface area contributed by atoms with Crippen molar-refractivity contribution in [2.24, 2.45) is 0 Å². The SMILES string of the molecule is O=C1NCCCN2CCCNC(=O)c3ccc(c(S)n3)C(=O)NCCCN(CCCNC(=O)c3ccc1nc3S)CCCNC(=O)c1ccc([n+](O)c1S)C(=O)NCCC2. The Labute approximate surface area is 364 Å². The molecule has 0 spiro atoms. The zero-order valence-corrected chi connectivity index (χ0v) is 35.8. The minimum atomic E-state index is -0.549. The number of aromatic nitrogens is 3. The average Bonchev–Trinajstić information content (AvgIpc) is 3.23. The summed E-state index contributed by atoms with van der Waals surface area (Å²) in [6.45, 7) is 5.29. The minimum absolute atomic E-state index is 0.0893. The van der Waals surface area contributed by atoms with Gasteiger partial charge in [0.25, 0.3) is 29.5 Å². The summed E-state index contributed by atoms with van der Waals surface area (Å²) in [6.07, 6.45) is 3.37.